The monoisotopic (exact) mass is 437 g/mol. The molecule has 1 aromatic heterocycles. The summed E-state index contributed by atoms with van der Waals surface area (Å²) in [5.74, 6) is -1.64. The fourth-order valence-electron chi connectivity index (χ4n) is 4.37. The van der Waals surface area contributed by atoms with Crippen molar-refractivity contribution in [2.24, 2.45) is 0 Å². The standard InChI is InChI=1S/C29H27NO3/c1-21(22-12-6-3-7-13-22)30-26(24-16-10-5-11-17-24)18-19-27(30)25(20-28(31)29(32)33-2)23-14-8-4-9-15-23/h3-19,21,25H,20H2,1-2H3/t21-,25+/m1/s1. The Morgan fingerprint density at radius 3 is 1.88 bits per heavy atom. The minimum atomic E-state index is -0.812. The van der Waals surface area contributed by atoms with Crippen molar-refractivity contribution in [3.63, 3.8) is 0 Å². The van der Waals surface area contributed by atoms with Crippen LogP contribution in [-0.2, 0) is 14.3 Å². The molecule has 0 saturated carbocycles. The molecule has 4 aromatic rings. The number of nitrogens with zero attached hydrogens (tertiary/aromatic N) is 1. The Bertz CT molecular complexity index is 1210. The van der Waals surface area contributed by atoms with Crippen molar-refractivity contribution in [1.29, 1.82) is 0 Å². The molecule has 4 heteroatoms. The first kappa shape index (κ1) is 22.3. The minimum absolute atomic E-state index is 0.0193. The second-order valence-electron chi connectivity index (χ2n) is 8.05. The fraction of sp³-hybridized carbons (Fsp3) is 0.172. The predicted molar refractivity (Wildman–Crippen MR) is 130 cm³/mol. The van der Waals surface area contributed by atoms with Gasteiger partial charge in [0.25, 0.3) is 0 Å². The average Bonchev–Trinajstić information content (AvgIpc) is 3.32. The highest BCUT2D eigenvalue weighted by molar-refractivity contribution is 6.33. The zero-order valence-corrected chi connectivity index (χ0v) is 18.8. The number of aromatic nitrogens is 1. The normalized spacial score (nSPS) is 12.7. The first-order valence-corrected chi connectivity index (χ1v) is 11.1. The van der Waals surface area contributed by atoms with Crippen LogP contribution in [0.4, 0.5) is 0 Å². The molecule has 0 spiro atoms. The minimum Gasteiger partial charge on any atom is -0.463 e. The van der Waals surface area contributed by atoms with Crippen molar-refractivity contribution in [2.45, 2.75) is 25.3 Å². The quantitative estimate of drug-likeness (QED) is 0.250. The van der Waals surface area contributed by atoms with Gasteiger partial charge in [-0.1, -0.05) is 91.0 Å². The maximum atomic E-state index is 12.7. The second-order valence-corrected chi connectivity index (χ2v) is 8.05. The number of ether oxygens (including phenoxy) is 1. The van der Waals surface area contributed by atoms with Gasteiger partial charge in [-0.3, -0.25) is 4.79 Å². The molecule has 0 fully saturated rings. The molecule has 0 unspecified atom stereocenters. The number of benzene rings is 3. The smallest absolute Gasteiger partial charge is 0.374 e. The van der Waals surface area contributed by atoms with Crippen LogP contribution >= 0.6 is 0 Å². The largest absolute Gasteiger partial charge is 0.463 e. The Morgan fingerprint density at radius 2 is 1.30 bits per heavy atom. The molecule has 3 aromatic carbocycles. The lowest BCUT2D eigenvalue weighted by Crippen LogP contribution is -2.22. The van der Waals surface area contributed by atoms with Gasteiger partial charge in [-0.2, -0.15) is 0 Å². The molecule has 33 heavy (non-hydrogen) atoms. The number of esters is 1. The molecule has 0 aliphatic rings. The number of carbonyl (C=O) groups is 2. The molecule has 0 bridgehead atoms. The number of hydrogen-bond donors (Lipinski definition) is 0. The summed E-state index contributed by atoms with van der Waals surface area (Å²) >= 11 is 0. The average molecular weight is 438 g/mol. The van der Waals surface area contributed by atoms with Gasteiger partial charge in [-0.15, -0.1) is 0 Å². The van der Waals surface area contributed by atoms with Crippen molar-refractivity contribution >= 4 is 11.8 Å². The van der Waals surface area contributed by atoms with E-state index in [1.165, 1.54) is 12.7 Å². The zero-order valence-electron chi connectivity index (χ0n) is 18.8. The van der Waals surface area contributed by atoms with E-state index in [0.29, 0.717) is 0 Å². The van der Waals surface area contributed by atoms with Gasteiger partial charge in [0, 0.05) is 23.7 Å². The Balaban J connectivity index is 1.89. The van der Waals surface area contributed by atoms with E-state index in [9.17, 15) is 9.59 Å². The molecule has 0 aliphatic heterocycles. The third kappa shape index (κ3) is 4.80. The number of hydrogen-bond acceptors (Lipinski definition) is 3. The molecule has 0 radical (unpaired) electrons. The van der Waals surface area contributed by atoms with E-state index in [1.807, 2.05) is 66.7 Å². The van der Waals surface area contributed by atoms with Gasteiger partial charge in [-0.25, -0.2) is 4.79 Å². The summed E-state index contributed by atoms with van der Waals surface area (Å²) < 4.78 is 7.00. The Kier molecular flexibility index (Phi) is 6.84. The Hall–Kier alpha value is -3.92. The first-order valence-electron chi connectivity index (χ1n) is 11.1. The maximum Gasteiger partial charge on any atom is 0.374 e. The predicted octanol–water partition coefficient (Wildman–Crippen LogP) is 6.03. The van der Waals surface area contributed by atoms with Crippen LogP contribution in [0.3, 0.4) is 0 Å². The van der Waals surface area contributed by atoms with E-state index in [0.717, 1.165) is 22.5 Å². The first-order chi connectivity index (χ1) is 16.1. The van der Waals surface area contributed by atoms with Crippen LogP contribution in [0.2, 0.25) is 0 Å². The Labute approximate surface area is 194 Å². The number of carbonyl (C=O) groups excluding carboxylic acids is 2. The number of methoxy groups -OCH3 is 1. The zero-order chi connectivity index (χ0) is 23.2. The highest BCUT2D eigenvalue weighted by Gasteiger charge is 2.28. The lowest BCUT2D eigenvalue weighted by molar-refractivity contribution is -0.151. The molecule has 1 heterocycles. The number of Topliss-reactive ketones (excluding diaryl/α,β-unsaturated/α-hetero) is 1. The molecule has 4 rings (SSSR count). The summed E-state index contributed by atoms with van der Waals surface area (Å²) in [6.07, 6.45) is 0.0381. The van der Waals surface area contributed by atoms with Gasteiger partial charge < -0.3 is 9.30 Å². The Morgan fingerprint density at radius 1 is 0.758 bits per heavy atom. The summed E-state index contributed by atoms with van der Waals surface area (Å²) in [4.78, 5) is 24.7. The van der Waals surface area contributed by atoms with Gasteiger partial charge in [0.2, 0.25) is 5.78 Å². The third-order valence-corrected chi connectivity index (χ3v) is 6.05. The molecule has 0 N–H and O–H groups in total. The SMILES string of the molecule is COC(=O)C(=O)C[C@@H](c1ccccc1)c1ccc(-c2ccccc2)n1[C@H](C)c1ccccc1. The van der Waals surface area contributed by atoms with Gasteiger partial charge in [0.1, 0.15) is 0 Å². The van der Waals surface area contributed by atoms with Crippen LogP contribution in [0.5, 0.6) is 0 Å². The summed E-state index contributed by atoms with van der Waals surface area (Å²) in [6.45, 7) is 2.16. The van der Waals surface area contributed by atoms with Crippen molar-refractivity contribution in [1.82, 2.24) is 4.57 Å². The lowest BCUT2D eigenvalue weighted by Gasteiger charge is -2.26. The highest BCUT2D eigenvalue weighted by atomic mass is 16.5. The van der Waals surface area contributed by atoms with E-state index in [4.69, 9.17) is 4.74 Å². The summed E-state index contributed by atoms with van der Waals surface area (Å²) in [6, 6.07) is 34.6. The van der Waals surface area contributed by atoms with Crippen LogP contribution in [0.25, 0.3) is 11.3 Å². The maximum absolute atomic E-state index is 12.7. The van der Waals surface area contributed by atoms with Crippen LogP contribution < -0.4 is 0 Å². The van der Waals surface area contributed by atoms with E-state index in [2.05, 4.69) is 47.9 Å². The van der Waals surface area contributed by atoms with Crippen LogP contribution in [-0.4, -0.2) is 23.4 Å². The molecule has 0 aliphatic carbocycles. The number of rotatable bonds is 8. The number of ketones is 1. The summed E-state index contributed by atoms with van der Waals surface area (Å²) in [7, 11) is 1.24. The lowest BCUT2D eigenvalue weighted by atomic mass is 9.90. The van der Waals surface area contributed by atoms with Crippen molar-refractivity contribution in [2.75, 3.05) is 7.11 Å². The van der Waals surface area contributed by atoms with Crippen LogP contribution in [0, 0.1) is 0 Å². The molecular formula is C29H27NO3. The van der Waals surface area contributed by atoms with Gasteiger partial charge in [-0.05, 0) is 35.7 Å². The van der Waals surface area contributed by atoms with Gasteiger partial charge in [0.15, 0.2) is 0 Å². The van der Waals surface area contributed by atoms with E-state index < -0.39 is 11.8 Å². The van der Waals surface area contributed by atoms with Crippen molar-refractivity contribution in [3.05, 3.63) is 120 Å². The third-order valence-electron chi connectivity index (χ3n) is 6.05. The van der Waals surface area contributed by atoms with Crippen molar-refractivity contribution < 1.29 is 14.3 Å². The summed E-state index contributed by atoms with van der Waals surface area (Å²) in [5, 5.41) is 0. The summed E-state index contributed by atoms with van der Waals surface area (Å²) in [5.41, 5.74) is 5.28. The van der Waals surface area contributed by atoms with Crippen LogP contribution in [0.15, 0.2) is 103 Å². The molecular weight excluding hydrogens is 410 g/mol. The molecule has 2 atom stereocenters. The molecule has 166 valence electrons. The molecule has 4 nitrogen and oxygen atoms in total. The van der Waals surface area contributed by atoms with Gasteiger partial charge in [0.05, 0.1) is 13.2 Å². The van der Waals surface area contributed by atoms with E-state index in [1.54, 1.807) is 0 Å². The second kappa shape index (κ2) is 10.1. The molecule has 0 saturated heterocycles. The van der Waals surface area contributed by atoms with E-state index >= 15 is 0 Å². The van der Waals surface area contributed by atoms with Gasteiger partial charge >= 0.3 is 5.97 Å². The highest BCUT2D eigenvalue weighted by Crippen LogP contribution is 2.37. The molecule has 0 amide bonds. The fourth-order valence-corrected chi connectivity index (χ4v) is 4.37. The van der Waals surface area contributed by atoms with Crippen molar-refractivity contribution in [3.8, 4) is 11.3 Å². The topological polar surface area (TPSA) is 48.3 Å². The van der Waals surface area contributed by atoms with Crippen LogP contribution in [0.1, 0.15) is 42.1 Å². The van der Waals surface area contributed by atoms with E-state index in [-0.39, 0.29) is 18.4 Å².